The molecule has 1 atom stereocenters. The van der Waals surface area contributed by atoms with Crippen LogP contribution < -0.4 is 10.1 Å². The number of hydrogen-bond donors (Lipinski definition) is 2. The van der Waals surface area contributed by atoms with Gasteiger partial charge in [0.05, 0.1) is 6.20 Å². The predicted octanol–water partition coefficient (Wildman–Crippen LogP) is 2.00. The standard InChI is InChI=1S/C16H19N3O3/c1-10-14(9-18-19-10)8-17-16(21)12(3)22-15-6-4-5-13(7-15)11(2)20/h4-7,9,12H,8H2,1-3H3,(H,17,21)(H,18,19)/t12-/m1/s1. The zero-order chi connectivity index (χ0) is 16.1. The first-order valence-electron chi connectivity index (χ1n) is 7.01. The molecule has 0 aliphatic carbocycles. The van der Waals surface area contributed by atoms with E-state index in [0.717, 1.165) is 11.3 Å². The van der Waals surface area contributed by atoms with Crippen LogP contribution in [0.2, 0.25) is 0 Å². The van der Waals surface area contributed by atoms with Crippen LogP contribution in [0, 0.1) is 6.92 Å². The molecule has 0 fully saturated rings. The summed E-state index contributed by atoms with van der Waals surface area (Å²) in [7, 11) is 0. The Morgan fingerprint density at radius 1 is 1.41 bits per heavy atom. The predicted molar refractivity (Wildman–Crippen MR) is 81.7 cm³/mol. The zero-order valence-electron chi connectivity index (χ0n) is 12.8. The Hall–Kier alpha value is -2.63. The minimum Gasteiger partial charge on any atom is -0.481 e. The quantitative estimate of drug-likeness (QED) is 0.799. The van der Waals surface area contributed by atoms with Gasteiger partial charge < -0.3 is 10.1 Å². The number of carbonyl (C=O) groups excluding carboxylic acids is 2. The molecule has 0 unspecified atom stereocenters. The molecule has 0 aliphatic rings. The van der Waals surface area contributed by atoms with Gasteiger partial charge in [-0.2, -0.15) is 5.10 Å². The normalized spacial score (nSPS) is 11.8. The molecule has 0 bridgehead atoms. The molecule has 1 heterocycles. The first-order valence-corrected chi connectivity index (χ1v) is 7.01. The summed E-state index contributed by atoms with van der Waals surface area (Å²) in [4.78, 5) is 23.4. The highest BCUT2D eigenvalue weighted by molar-refractivity contribution is 5.94. The second-order valence-electron chi connectivity index (χ2n) is 5.08. The monoisotopic (exact) mass is 301 g/mol. The van der Waals surface area contributed by atoms with E-state index in [1.165, 1.54) is 6.92 Å². The van der Waals surface area contributed by atoms with Crippen molar-refractivity contribution < 1.29 is 14.3 Å². The molecule has 0 aliphatic heterocycles. The lowest BCUT2D eigenvalue weighted by Gasteiger charge is -2.15. The Balaban J connectivity index is 1.92. The number of aryl methyl sites for hydroxylation is 1. The van der Waals surface area contributed by atoms with Crippen LogP contribution in [0.1, 0.15) is 35.5 Å². The van der Waals surface area contributed by atoms with Crippen LogP contribution in [-0.4, -0.2) is 28.0 Å². The third kappa shape index (κ3) is 3.94. The van der Waals surface area contributed by atoms with Gasteiger partial charge in [0.15, 0.2) is 11.9 Å². The van der Waals surface area contributed by atoms with Crippen molar-refractivity contribution in [3.63, 3.8) is 0 Å². The summed E-state index contributed by atoms with van der Waals surface area (Å²) in [5, 5.41) is 9.51. The molecular weight excluding hydrogens is 282 g/mol. The van der Waals surface area contributed by atoms with E-state index in [2.05, 4.69) is 15.5 Å². The number of rotatable bonds is 6. The van der Waals surface area contributed by atoms with Gasteiger partial charge in [0.2, 0.25) is 0 Å². The molecule has 1 amide bonds. The second-order valence-corrected chi connectivity index (χ2v) is 5.08. The van der Waals surface area contributed by atoms with Gasteiger partial charge in [-0.15, -0.1) is 0 Å². The molecule has 2 aromatic rings. The van der Waals surface area contributed by atoms with Crippen LogP contribution >= 0.6 is 0 Å². The van der Waals surface area contributed by atoms with E-state index in [4.69, 9.17) is 4.74 Å². The number of benzene rings is 1. The highest BCUT2D eigenvalue weighted by Crippen LogP contribution is 2.15. The van der Waals surface area contributed by atoms with E-state index >= 15 is 0 Å². The van der Waals surface area contributed by atoms with Crippen LogP contribution in [0.5, 0.6) is 5.75 Å². The van der Waals surface area contributed by atoms with E-state index in [1.807, 2.05) is 6.92 Å². The largest absolute Gasteiger partial charge is 0.481 e. The third-order valence-corrected chi connectivity index (χ3v) is 3.31. The van der Waals surface area contributed by atoms with E-state index in [0.29, 0.717) is 17.9 Å². The summed E-state index contributed by atoms with van der Waals surface area (Å²) in [5.41, 5.74) is 2.40. The van der Waals surface area contributed by atoms with E-state index in [1.54, 1.807) is 37.4 Å². The summed E-state index contributed by atoms with van der Waals surface area (Å²) in [6.07, 6.45) is 1.02. The Morgan fingerprint density at radius 3 is 2.82 bits per heavy atom. The molecular formula is C16H19N3O3. The van der Waals surface area contributed by atoms with Gasteiger partial charge in [0, 0.05) is 23.4 Å². The number of nitrogens with zero attached hydrogens (tertiary/aromatic N) is 1. The highest BCUT2D eigenvalue weighted by Gasteiger charge is 2.15. The van der Waals surface area contributed by atoms with Crippen molar-refractivity contribution in [1.29, 1.82) is 0 Å². The number of hydrogen-bond acceptors (Lipinski definition) is 4. The Kier molecular flexibility index (Phi) is 4.93. The number of ether oxygens (including phenoxy) is 1. The Morgan fingerprint density at radius 2 is 2.18 bits per heavy atom. The average molecular weight is 301 g/mol. The summed E-state index contributed by atoms with van der Waals surface area (Å²) in [6, 6.07) is 6.79. The topological polar surface area (TPSA) is 84.1 Å². The van der Waals surface area contributed by atoms with Gasteiger partial charge in [-0.25, -0.2) is 0 Å². The van der Waals surface area contributed by atoms with Gasteiger partial charge in [0.25, 0.3) is 5.91 Å². The summed E-state index contributed by atoms with van der Waals surface area (Å²) >= 11 is 0. The lowest BCUT2D eigenvalue weighted by molar-refractivity contribution is -0.127. The van der Waals surface area contributed by atoms with E-state index in [-0.39, 0.29) is 11.7 Å². The molecule has 2 rings (SSSR count). The Bertz CT molecular complexity index is 679. The fourth-order valence-corrected chi connectivity index (χ4v) is 1.93. The molecule has 1 aromatic heterocycles. The summed E-state index contributed by atoms with van der Waals surface area (Å²) in [5.74, 6) is 0.224. The molecule has 0 saturated carbocycles. The van der Waals surface area contributed by atoms with Gasteiger partial charge in [-0.3, -0.25) is 14.7 Å². The fraction of sp³-hybridized carbons (Fsp3) is 0.312. The number of H-pyrrole nitrogens is 1. The minimum atomic E-state index is -0.658. The second kappa shape index (κ2) is 6.89. The van der Waals surface area contributed by atoms with Crippen molar-refractivity contribution in [3.8, 4) is 5.75 Å². The number of aromatic nitrogens is 2. The molecule has 0 spiro atoms. The maximum atomic E-state index is 12.0. The van der Waals surface area contributed by atoms with E-state index in [9.17, 15) is 9.59 Å². The highest BCUT2D eigenvalue weighted by atomic mass is 16.5. The number of aromatic amines is 1. The minimum absolute atomic E-state index is 0.0435. The van der Waals surface area contributed by atoms with Crippen LogP contribution in [-0.2, 0) is 11.3 Å². The van der Waals surface area contributed by atoms with Crippen molar-refractivity contribution in [1.82, 2.24) is 15.5 Å². The number of ketones is 1. The molecule has 2 N–H and O–H groups in total. The molecule has 0 radical (unpaired) electrons. The molecule has 6 nitrogen and oxygen atoms in total. The van der Waals surface area contributed by atoms with Gasteiger partial charge in [0.1, 0.15) is 5.75 Å². The van der Waals surface area contributed by atoms with Crippen LogP contribution in [0.4, 0.5) is 0 Å². The van der Waals surface area contributed by atoms with Crippen molar-refractivity contribution >= 4 is 11.7 Å². The van der Waals surface area contributed by atoms with Crippen LogP contribution in [0.3, 0.4) is 0 Å². The van der Waals surface area contributed by atoms with Crippen molar-refractivity contribution in [3.05, 3.63) is 47.3 Å². The lowest BCUT2D eigenvalue weighted by atomic mass is 10.1. The number of nitrogens with one attached hydrogen (secondary N) is 2. The Labute approximate surface area is 128 Å². The zero-order valence-corrected chi connectivity index (χ0v) is 12.8. The SMILES string of the molecule is CC(=O)c1cccc(O[C@H](C)C(=O)NCc2cn[nH]c2C)c1. The first kappa shape index (κ1) is 15.8. The number of amides is 1. The van der Waals surface area contributed by atoms with Gasteiger partial charge in [-0.1, -0.05) is 12.1 Å². The van der Waals surface area contributed by atoms with E-state index < -0.39 is 6.10 Å². The maximum absolute atomic E-state index is 12.0. The molecule has 1 aromatic carbocycles. The molecule has 0 saturated heterocycles. The lowest BCUT2D eigenvalue weighted by Crippen LogP contribution is -2.36. The molecule has 22 heavy (non-hydrogen) atoms. The number of Topliss-reactive ketones (excluding diaryl/α,β-unsaturated/α-hetero) is 1. The summed E-state index contributed by atoms with van der Waals surface area (Å²) in [6.45, 7) is 5.44. The van der Waals surface area contributed by atoms with Crippen molar-refractivity contribution in [2.75, 3.05) is 0 Å². The summed E-state index contributed by atoms with van der Waals surface area (Å²) < 4.78 is 5.58. The van der Waals surface area contributed by atoms with Crippen molar-refractivity contribution in [2.24, 2.45) is 0 Å². The smallest absolute Gasteiger partial charge is 0.261 e. The van der Waals surface area contributed by atoms with Crippen molar-refractivity contribution in [2.45, 2.75) is 33.4 Å². The van der Waals surface area contributed by atoms with Crippen LogP contribution in [0.15, 0.2) is 30.5 Å². The third-order valence-electron chi connectivity index (χ3n) is 3.31. The fourth-order valence-electron chi connectivity index (χ4n) is 1.93. The number of carbonyl (C=O) groups is 2. The average Bonchev–Trinajstić information content (AvgIpc) is 2.90. The van der Waals surface area contributed by atoms with Gasteiger partial charge >= 0.3 is 0 Å². The van der Waals surface area contributed by atoms with Crippen LogP contribution in [0.25, 0.3) is 0 Å². The van der Waals surface area contributed by atoms with Gasteiger partial charge in [-0.05, 0) is 32.9 Å². The first-order chi connectivity index (χ1) is 10.5. The molecule has 116 valence electrons. The molecule has 6 heteroatoms. The maximum Gasteiger partial charge on any atom is 0.261 e.